The van der Waals surface area contributed by atoms with Crippen molar-refractivity contribution in [1.29, 1.82) is 0 Å². The second kappa shape index (κ2) is 10.8. The van der Waals surface area contributed by atoms with Crippen molar-refractivity contribution in [2.24, 2.45) is 0 Å². The van der Waals surface area contributed by atoms with Gasteiger partial charge in [0.1, 0.15) is 0 Å². The molecular weight excluding hydrogens is 434 g/mol. The van der Waals surface area contributed by atoms with Gasteiger partial charge >= 0.3 is 12.2 Å². The molecule has 9 nitrogen and oxygen atoms in total. The summed E-state index contributed by atoms with van der Waals surface area (Å²) >= 11 is 0. The second-order valence-electron chi connectivity index (χ2n) is 9.14. The molecule has 1 saturated carbocycles. The van der Waals surface area contributed by atoms with Crippen LogP contribution < -0.4 is 5.32 Å². The zero-order valence-electron chi connectivity index (χ0n) is 20.1. The number of ether oxygens (including phenoxy) is 2. The maximum atomic E-state index is 12.2. The van der Waals surface area contributed by atoms with E-state index in [4.69, 9.17) is 4.74 Å². The van der Waals surface area contributed by atoms with E-state index in [0.29, 0.717) is 17.8 Å². The van der Waals surface area contributed by atoms with Crippen molar-refractivity contribution in [3.8, 4) is 11.3 Å². The Balaban J connectivity index is 1.34. The lowest BCUT2D eigenvalue weighted by atomic mass is 10.0. The van der Waals surface area contributed by atoms with Crippen LogP contribution in [0.25, 0.3) is 11.3 Å². The van der Waals surface area contributed by atoms with Gasteiger partial charge in [0.15, 0.2) is 0 Å². The van der Waals surface area contributed by atoms with Crippen LogP contribution in [0.5, 0.6) is 0 Å². The largest absolute Gasteiger partial charge is 0.453 e. The molecule has 1 aromatic heterocycles. The number of anilines is 1. The molecule has 2 amide bonds. The summed E-state index contributed by atoms with van der Waals surface area (Å²) in [6.45, 7) is 5.98. The Morgan fingerprint density at radius 2 is 1.74 bits per heavy atom. The molecule has 0 unspecified atom stereocenters. The molecule has 0 spiro atoms. The first kappa shape index (κ1) is 23.9. The van der Waals surface area contributed by atoms with Crippen LogP contribution in [0.2, 0.25) is 0 Å². The molecule has 0 radical (unpaired) electrons. The third-order valence-electron chi connectivity index (χ3n) is 6.21. The monoisotopic (exact) mass is 467 g/mol. The van der Waals surface area contributed by atoms with Crippen LogP contribution in [0.15, 0.2) is 36.7 Å². The number of hydrogen-bond donors (Lipinski definition) is 1. The first-order chi connectivity index (χ1) is 16.4. The molecule has 2 aromatic rings. The van der Waals surface area contributed by atoms with Gasteiger partial charge < -0.3 is 14.4 Å². The molecule has 2 heterocycles. The van der Waals surface area contributed by atoms with E-state index in [1.54, 1.807) is 18.3 Å². The molecule has 182 valence electrons. The number of nitrogens with zero attached hydrogens (tertiary/aromatic N) is 4. The summed E-state index contributed by atoms with van der Waals surface area (Å²) in [7, 11) is 1.33. The zero-order valence-corrected chi connectivity index (χ0v) is 20.1. The van der Waals surface area contributed by atoms with Gasteiger partial charge in [0.05, 0.1) is 37.0 Å². The Hall–Kier alpha value is -3.20. The van der Waals surface area contributed by atoms with Gasteiger partial charge in [0, 0.05) is 43.0 Å². The van der Waals surface area contributed by atoms with E-state index in [2.05, 4.69) is 24.9 Å². The first-order valence-electron chi connectivity index (χ1n) is 11.9. The maximum Gasteiger partial charge on any atom is 0.411 e. The Kier molecular flexibility index (Phi) is 7.62. The van der Waals surface area contributed by atoms with E-state index in [9.17, 15) is 9.59 Å². The Morgan fingerprint density at radius 1 is 1.06 bits per heavy atom. The molecule has 9 heteroatoms. The highest BCUT2D eigenvalue weighted by molar-refractivity contribution is 5.84. The number of nitrogens with one attached hydrogen (secondary N) is 1. The standard InChI is InChI=1S/C25H33N5O4/c1-17(2)34-25(32)29-12-10-22(11-13-29)30(21-8-9-21)16-20-14-27-23(15-26-20)18-4-6-19(7-5-18)28-24(31)33-3/h4-7,14-15,17,21-22H,8-13,16H2,1-3H3,(H,28,31). The highest BCUT2D eigenvalue weighted by Crippen LogP contribution is 2.33. The Morgan fingerprint density at radius 3 is 2.29 bits per heavy atom. The van der Waals surface area contributed by atoms with Crippen molar-refractivity contribution in [2.45, 2.75) is 64.3 Å². The van der Waals surface area contributed by atoms with Crippen molar-refractivity contribution < 1.29 is 19.1 Å². The summed E-state index contributed by atoms with van der Waals surface area (Å²) in [6, 6.07) is 8.43. The number of benzene rings is 1. The molecule has 2 aliphatic rings. The van der Waals surface area contributed by atoms with Crippen molar-refractivity contribution in [3.05, 3.63) is 42.4 Å². The summed E-state index contributed by atoms with van der Waals surface area (Å²) < 4.78 is 9.96. The smallest absolute Gasteiger partial charge is 0.411 e. The molecule has 34 heavy (non-hydrogen) atoms. The van der Waals surface area contributed by atoms with Crippen molar-refractivity contribution in [1.82, 2.24) is 19.8 Å². The quantitative estimate of drug-likeness (QED) is 0.649. The lowest BCUT2D eigenvalue weighted by Crippen LogP contribution is -2.47. The van der Waals surface area contributed by atoms with E-state index >= 15 is 0 Å². The van der Waals surface area contributed by atoms with Crippen LogP contribution in [-0.2, 0) is 16.0 Å². The number of aromatic nitrogens is 2. The second-order valence-corrected chi connectivity index (χ2v) is 9.14. The van der Waals surface area contributed by atoms with Gasteiger partial charge in [0.2, 0.25) is 0 Å². The minimum atomic E-state index is -0.502. The first-order valence-corrected chi connectivity index (χ1v) is 11.9. The number of methoxy groups -OCH3 is 1. The fourth-order valence-electron chi connectivity index (χ4n) is 4.28. The third-order valence-corrected chi connectivity index (χ3v) is 6.21. The molecular formula is C25H33N5O4. The average Bonchev–Trinajstić information content (AvgIpc) is 3.68. The Labute approximate surface area is 200 Å². The van der Waals surface area contributed by atoms with Crippen LogP contribution in [-0.4, -0.2) is 70.3 Å². The lowest BCUT2D eigenvalue weighted by Gasteiger charge is -2.38. The molecule has 0 atom stereocenters. The van der Waals surface area contributed by atoms with Crippen LogP contribution in [0, 0.1) is 0 Å². The van der Waals surface area contributed by atoms with E-state index in [1.807, 2.05) is 37.1 Å². The highest BCUT2D eigenvalue weighted by Gasteiger charge is 2.36. The highest BCUT2D eigenvalue weighted by atomic mass is 16.6. The summed E-state index contributed by atoms with van der Waals surface area (Å²) in [4.78, 5) is 37.2. The molecule has 0 bridgehead atoms. The third kappa shape index (κ3) is 6.22. The fourth-order valence-corrected chi connectivity index (χ4v) is 4.28. The Bertz CT molecular complexity index is 968. The molecule has 1 saturated heterocycles. The number of rotatable bonds is 7. The van der Waals surface area contributed by atoms with Crippen molar-refractivity contribution in [3.63, 3.8) is 0 Å². The van der Waals surface area contributed by atoms with Gasteiger partial charge in [0.25, 0.3) is 0 Å². The van der Waals surface area contributed by atoms with E-state index in [-0.39, 0.29) is 12.2 Å². The average molecular weight is 468 g/mol. The predicted octanol–water partition coefficient (Wildman–Crippen LogP) is 4.30. The number of likely N-dealkylation sites (tertiary alicyclic amines) is 1. The minimum Gasteiger partial charge on any atom is -0.453 e. The number of hydrogen-bond acceptors (Lipinski definition) is 7. The van der Waals surface area contributed by atoms with E-state index < -0.39 is 6.09 Å². The van der Waals surface area contributed by atoms with E-state index in [1.165, 1.54) is 20.0 Å². The van der Waals surface area contributed by atoms with Crippen molar-refractivity contribution >= 4 is 17.9 Å². The summed E-state index contributed by atoms with van der Waals surface area (Å²) in [5.41, 5.74) is 3.31. The van der Waals surface area contributed by atoms with Gasteiger partial charge in [-0.3, -0.25) is 20.2 Å². The normalized spacial score (nSPS) is 16.6. The molecule has 1 aliphatic heterocycles. The summed E-state index contributed by atoms with van der Waals surface area (Å²) in [6.07, 6.45) is 7.17. The van der Waals surface area contributed by atoms with Crippen LogP contribution in [0.3, 0.4) is 0 Å². The number of amides is 2. The summed E-state index contributed by atoms with van der Waals surface area (Å²) in [5, 5.41) is 2.63. The maximum absolute atomic E-state index is 12.2. The van der Waals surface area contributed by atoms with Gasteiger partial charge in [-0.2, -0.15) is 0 Å². The molecule has 1 aromatic carbocycles. The summed E-state index contributed by atoms with van der Waals surface area (Å²) in [5.74, 6) is 0. The van der Waals surface area contributed by atoms with Gasteiger partial charge in [-0.1, -0.05) is 12.1 Å². The molecule has 1 N–H and O–H groups in total. The van der Waals surface area contributed by atoms with Gasteiger partial charge in [-0.25, -0.2) is 9.59 Å². The van der Waals surface area contributed by atoms with E-state index in [0.717, 1.165) is 49.4 Å². The number of carbonyl (C=O) groups is 2. The topological polar surface area (TPSA) is 96.9 Å². The van der Waals surface area contributed by atoms with Crippen LogP contribution in [0.4, 0.5) is 15.3 Å². The molecule has 1 aliphatic carbocycles. The van der Waals surface area contributed by atoms with Gasteiger partial charge in [-0.15, -0.1) is 0 Å². The molecule has 4 rings (SSSR count). The van der Waals surface area contributed by atoms with Gasteiger partial charge in [-0.05, 0) is 51.7 Å². The number of piperidine rings is 1. The van der Waals surface area contributed by atoms with Crippen LogP contribution >= 0.6 is 0 Å². The minimum absolute atomic E-state index is 0.0933. The zero-order chi connectivity index (χ0) is 24.1. The molecule has 2 fully saturated rings. The SMILES string of the molecule is COC(=O)Nc1ccc(-c2cnc(CN(C3CC3)C3CCN(C(=O)OC(C)C)CC3)cn2)cc1. The predicted molar refractivity (Wildman–Crippen MR) is 128 cm³/mol. The van der Waals surface area contributed by atoms with Crippen molar-refractivity contribution in [2.75, 3.05) is 25.5 Å². The van der Waals surface area contributed by atoms with Crippen LogP contribution in [0.1, 0.15) is 45.2 Å². The number of carbonyl (C=O) groups excluding carboxylic acids is 2. The fraction of sp³-hybridized carbons (Fsp3) is 0.520. The lowest BCUT2D eigenvalue weighted by molar-refractivity contribution is 0.0515.